The fraction of sp³-hybridized carbons (Fsp3) is 0. The van der Waals surface area contributed by atoms with E-state index in [4.69, 9.17) is 9.97 Å². The van der Waals surface area contributed by atoms with E-state index in [-0.39, 0.29) is 0 Å². The molecule has 14 rings (SSSR count). The third kappa shape index (κ3) is 4.08. The van der Waals surface area contributed by atoms with Gasteiger partial charge >= 0.3 is 0 Å². The first-order valence-corrected chi connectivity index (χ1v) is 20.2. The topological polar surface area (TPSA) is 40.0 Å². The van der Waals surface area contributed by atoms with Gasteiger partial charge < -0.3 is 8.97 Å². The van der Waals surface area contributed by atoms with E-state index in [0.717, 1.165) is 44.4 Å². The van der Waals surface area contributed by atoms with Crippen molar-refractivity contribution in [3.63, 3.8) is 0 Å². The molecule has 0 amide bonds. The van der Waals surface area contributed by atoms with E-state index in [0.29, 0.717) is 5.95 Å². The molecule has 0 aliphatic heterocycles. The van der Waals surface area contributed by atoms with Crippen LogP contribution in [0.4, 0.5) is 0 Å². The molecule has 59 heavy (non-hydrogen) atoms. The standard InChI is InChI=1S/C54H31N5/c1-2-16-35(17-3-1)57-44-23-11-7-18-36(44)38-27-26-34(30-47(38)57)52-39-20-6-10-22-43(39)55-54(56-52)59-46-25-13-9-21-40(46)50-49(59)31-41-37-19-8-12-24-45(37)58-48-29-33-15-5-4-14-32(33)28-42(48)51(50)53(41)58/h1-31H. The Hall–Kier alpha value is -8.02. The normalized spacial score (nSPS) is 12.4. The van der Waals surface area contributed by atoms with Crippen LogP contribution in [0, 0.1) is 0 Å². The first-order chi connectivity index (χ1) is 29.3. The van der Waals surface area contributed by atoms with Crippen molar-refractivity contribution in [1.29, 1.82) is 0 Å². The van der Waals surface area contributed by atoms with Crippen LogP contribution in [-0.4, -0.2) is 23.5 Å². The van der Waals surface area contributed by atoms with E-state index in [1.807, 2.05) is 0 Å². The second-order valence-electron chi connectivity index (χ2n) is 15.8. The summed E-state index contributed by atoms with van der Waals surface area (Å²) in [5.74, 6) is 0.653. The lowest BCUT2D eigenvalue weighted by Crippen LogP contribution is -2.03. The van der Waals surface area contributed by atoms with Crippen molar-refractivity contribution in [2.24, 2.45) is 0 Å². The molecule has 0 radical (unpaired) electrons. The predicted octanol–water partition coefficient (Wildman–Crippen LogP) is 13.8. The van der Waals surface area contributed by atoms with Gasteiger partial charge in [-0.3, -0.25) is 4.57 Å². The maximum atomic E-state index is 5.60. The Bertz CT molecular complexity index is 4070. The van der Waals surface area contributed by atoms with E-state index in [9.17, 15) is 0 Å². The molecule has 0 atom stereocenters. The van der Waals surface area contributed by atoms with Gasteiger partial charge in [-0.1, -0.05) is 127 Å². The third-order valence-electron chi connectivity index (χ3n) is 12.7. The summed E-state index contributed by atoms with van der Waals surface area (Å²) in [4.78, 5) is 11.0. The van der Waals surface area contributed by atoms with E-state index in [1.54, 1.807) is 0 Å². The lowest BCUT2D eigenvalue weighted by molar-refractivity contribution is 1.01. The van der Waals surface area contributed by atoms with Crippen molar-refractivity contribution >= 4 is 103 Å². The Morgan fingerprint density at radius 2 is 0.966 bits per heavy atom. The highest BCUT2D eigenvalue weighted by molar-refractivity contribution is 6.36. The Morgan fingerprint density at radius 1 is 0.339 bits per heavy atom. The van der Waals surface area contributed by atoms with Crippen molar-refractivity contribution in [3.05, 3.63) is 188 Å². The maximum absolute atomic E-state index is 5.60. The van der Waals surface area contributed by atoms with Gasteiger partial charge in [-0.2, -0.15) is 0 Å². The molecule has 0 saturated heterocycles. The van der Waals surface area contributed by atoms with Crippen molar-refractivity contribution in [1.82, 2.24) is 23.5 Å². The predicted molar refractivity (Wildman–Crippen MR) is 246 cm³/mol. The monoisotopic (exact) mass is 749 g/mol. The summed E-state index contributed by atoms with van der Waals surface area (Å²) in [5.41, 5.74) is 12.2. The molecule has 272 valence electrons. The van der Waals surface area contributed by atoms with Gasteiger partial charge in [0.2, 0.25) is 5.95 Å². The molecule has 0 aliphatic rings. The number of fused-ring (bicyclic) bond motifs is 15. The lowest BCUT2D eigenvalue weighted by atomic mass is 10.0. The molecule has 5 heterocycles. The molecule has 0 aliphatic carbocycles. The van der Waals surface area contributed by atoms with Gasteiger partial charge in [0.25, 0.3) is 0 Å². The second kappa shape index (κ2) is 11.3. The van der Waals surface area contributed by atoms with Crippen LogP contribution in [0.15, 0.2) is 188 Å². The van der Waals surface area contributed by atoms with Crippen molar-refractivity contribution in [3.8, 4) is 22.9 Å². The number of benzene rings is 9. The number of hydrogen-bond donors (Lipinski definition) is 0. The minimum Gasteiger partial charge on any atom is -0.309 e. The van der Waals surface area contributed by atoms with Crippen LogP contribution in [0.5, 0.6) is 0 Å². The van der Waals surface area contributed by atoms with E-state index >= 15 is 0 Å². The Kier molecular flexibility index (Phi) is 5.96. The van der Waals surface area contributed by atoms with Crippen LogP contribution in [0.3, 0.4) is 0 Å². The molecule has 5 aromatic heterocycles. The number of nitrogens with zero attached hydrogens (tertiary/aromatic N) is 5. The Labute approximate surface area is 336 Å². The average Bonchev–Trinajstić information content (AvgIpc) is 4.01. The molecule has 0 bridgehead atoms. The summed E-state index contributed by atoms with van der Waals surface area (Å²) in [6.45, 7) is 0. The summed E-state index contributed by atoms with van der Waals surface area (Å²) < 4.78 is 7.17. The maximum Gasteiger partial charge on any atom is 0.235 e. The van der Waals surface area contributed by atoms with E-state index < -0.39 is 0 Å². The molecule has 5 heteroatoms. The first-order valence-electron chi connectivity index (χ1n) is 20.2. The van der Waals surface area contributed by atoms with Crippen LogP contribution in [0.2, 0.25) is 0 Å². The molecule has 0 N–H and O–H groups in total. The van der Waals surface area contributed by atoms with Gasteiger partial charge in [0.1, 0.15) is 0 Å². The number of aromatic nitrogens is 5. The smallest absolute Gasteiger partial charge is 0.235 e. The third-order valence-corrected chi connectivity index (χ3v) is 12.7. The molecule has 5 nitrogen and oxygen atoms in total. The summed E-state index contributed by atoms with van der Waals surface area (Å²) in [7, 11) is 0. The van der Waals surface area contributed by atoms with Crippen LogP contribution >= 0.6 is 0 Å². The van der Waals surface area contributed by atoms with Gasteiger partial charge in [0.15, 0.2) is 0 Å². The highest BCUT2D eigenvalue weighted by atomic mass is 15.2. The quantitative estimate of drug-likeness (QED) is 0.180. The summed E-state index contributed by atoms with van der Waals surface area (Å²) >= 11 is 0. The van der Waals surface area contributed by atoms with E-state index in [1.165, 1.54) is 75.9 Å². The zero-order chi connectivity index (χ0) is 38.3. The summed E-state index contributed by atoms with van der Waals surface area (Å²) in [6, 6.07) is 68.0. The molecule has 0 spiro atoms. The molecular weight excluding hydrogens is 719 g/mol. The lowest BCUT2D eigenvalue weighted by Gasteiger charge is -2.13. The van der Waals surface area contributed by atoms with Crippen LogP contribution in [-0.2, 0) is 0 Å². The van der Waals surface area contributed by atoms with Gasteiger partial charge in [-0.05, 0) is 71.4 Å². The van der Waals surface area contributed by atoms with E-state index in [2.05, 4.69) is 202 Å². The molecule has 0 saturated carbocycles. The Balaban J connectivity index is 1.11. The van der Waals surface area contributed by atoms with Crippen molar-refractivity contribution in [2.45, 2.75) is 0 Å². The molecular formula is C54H31N5. The zero-order valence-corrected chi connectivity index (χ0v) is 31.6. The first kappa shape index (κ1) is 31.1. The SMILES string of the molecule is c1ccc(-n2c3ccccc3c3ccc(-c4nc(-n5c6ccccc6c6c7c8cc9ccccc9cc8n8c9ccccc9c(cc65)c78)nc5ccccc45)cc32)cc1. The van der Waals surface area contributed by atoms with Crippen molar-refractivity contribution in [2.75, 3.05) is 0 Å². The largest absolute Gasteiger partial charge is 0.309 e. The van der Waals surface area contributed by atoms with Gasteiger partial charge in [0, 0.05) is 59.7 Å². The number of para-hydroxylation sites is 5. The minimum atomic E-state index is 0.653. The Morgan fingerprint density at radius 3 is 1.78 bits per heavy atom. The van der Waals surface area contributed by atoms with Crippen molar-refractivity contribution < 1.29 is 0 Å². The minimum absolute atomic E-state index is 0.653. The van der Waals surface area contributed by atoms with Crippen LogP contribution in [0.1, 0.15) is 0 Å². The highest BCUT2D eigenvalue weighted by Gasteiger charge is 2.26. The number of rotatable bonds is 3. The van der Waals surface area contributed by atoms with Gasteiger partial charge in [-0.15, -0.1) is 0 Å². The van der Waals surface area contributed by atoms with Crippen LogP contribution < -0.4 is 0 Å². The fourth-order valence-corrected chi connectivity index (χ4v) is 10.3. The fourth-order valence-electron chi connectivity index (χ4n) is 10.3. The number of hydrogen-bond acceptors (Lipinski definition) is 2. The van der Waals surface area contributed by atoms with Gasteiger partial charge in [-0.25, -0.2) is 9.97 Å². The van der Waals surface area contributed by atoms with Crippen LogP contribution in [0.25, 0.3) is 126 Å². The zero-order valence-electron chi connectivity index (χ0n) is 31.6. The molecule has 0 fully saturated rings. The average molecular weight is 750 g/mol. The molecule has 14 aromatic rings. The van der Waals surface area contributed by atoms with Gasteiger partial charge in [0.05, 0.1) is 49.8 Å². The molecule has 0 unspecified atom stereocenters. The highest BCUT2D eigenvalue weighted by Crippen LogP contribution is 2.47. The summed E-state index contributed by atoms with van der Waals surface area (Å²) in [5, 5.41) is 13.3. The molecule has 9 aromatic carbocycles. The summed E-state index contributed by atoms with van der Waals surface area (Å²) in [6.07, 6.45) is 0. The second-order valence-corrected chi connectivity index (χ2v) is 15.8.